The van der Waals surface area contributed by atoms with Crippen LogP contribution in [0.4, 0.5) is 5.69 Å². The molecule has 1 amide bonds. The zero-order chi connectivity index (χ0) is 14.1. The van der Waals surface area contributed by atoms with Gasteiger partial charge in [-0.15, -0.1) is 12.3 Å². The number of hydrogen-bond acceptors (Lipinski definition) is 3. The lowest BCUT2D eigenvalue weighted by Gasteiger charge is -2.18. The largest absolute Gasteiger partial charge is 0.385 e. The van der Waals surface area contributed by atoms with E-state index in [-0.39, 0.29) is 5.91 Å². The van der Waals surface area contributed by atoms with Gasteiger partial charge in [0.1, 0.15) is 5.69 Å². The van der Waals surface area contributed by atoms with Crippen LogP contribution < -0.4 is 5.32 Å². The van der Waals surface area contributed by atoms with E-state index >= 15 is 0 Å². The predicted molar refractivity (Wildman–Crippen MR) is 78.0 cm³/mol. The number of hydrogen-bond donors (Lipinski definition) is 1. The molecule has 0 aliphatic rings. The predicted octanol–water partition coefficient (Wildman–Crippen LogP) is 2.39. The number of anilines is 1. The molecule has 0 atom stereocenters. The molecule has 1 rings (SSSR count). The molecule has 1 aromatic rings. The van der Waals surface area contributed by atoms with Crippen molar-refractivity contribution in [2.75, 3.05) is 25.0 Å². The van der Waals surface area contributed by atoms with Crippen LogP contribution in [-0.4, -0.2) is 35.4 Å². The fourth-order valence-corrected chi connectivity index (χ4v) is 1.75. The van der Waals surface area contributed by atoms with Crippen molar-refractivity contribution in [2.45, 2.75) is 26.7 Å². The summed E-state index contributed by atoms with van der Waals surface area (Å²) in [5.41, 5.74) is 1.38. The Kier molecular flexibility index (Phi) is 6.45. The van der Waals surface area contributed by atoms with Crippen molar-refractivity contribution in [3.63, 3.8) is 0 Å². The van der Waals surface area contributed by atoms with Crippen LogP contribution in [0.25, 0.3) is 0 Å². The fraction of sp³-hybridized carbons (Fsp3) is 0.467. The molecule has 1 heterocycles. The topological polar surface area (TPSA) is 45.2 Å². The van der Waals surface area contributed by atoms with Crippen molar-refractivity contribution in [1.82, 2.24) is 9.88 Å². The Bertz CT molecular complexity index is 447. The highest BCUT2D eigenvalue weighted by Gasteiger charge is 2.13. The standard InChI is InChI=1S/C15H21N3O/c1-4-7-8-10-16-13-9-11-17-14(12-13)15(19)18(5-2)6-3/h1,9,11-12H,5-8,10H2,2-3H3,(H,16,17). The second-order valence-corrected chi connectivity index (χ2v) is 4.14. The Balaban J connectivity index is 2.66. The molecular formula is C15H21N3O. The van der Waals surface area contributed by atoms with E-state index < -0.39 is 0 Å². The number of nitrogens with zero attached hydrogens (tertiary/aromatic N) is 2. The van der Waals surface area contributed by atoms with Gasteiger partial charge < -0.3 is 10.2 Å². The van der Waals surface area contributed by atoms with Crippen LogP contribution in [0.15, 0.2) is 18.3 Å². The van der Waals surface area contributed by atoms with Gasteiger partial charge in [-0.05, 0) is 32.4 Å². The van der Waals surface area contributed by atoms with Crippen molar-refractivity contribution in [3.05, 3.63) is 24.0 Å². The zero-order valence-electron chi connectivity index (χ0n) is 11.6. The summed E-state index contributed by atoms with van der Waals surface area (Å²) in [5.74, 6) is 2.57. The highest BCUT2D eigenvalue weighted by molar-refractivity contribution is 5.93. The maximum absolute atomic E-state index is 12.1. The first-order chi connectivity index (χ1) is 9.22. The molecule has 0 spiro atoms. The molecule has 1 aromatic heterocycles. The Labute approximate surface area is 115 Å². The molecule has 0 saturated heterocycles. The maximum atomic E-state index is 12.1. The van der Waals surface area contributed by atoms with Gasteiger partial charge in [0.2, 0.25) is 0 Å². The van der Waals surface area contributed by atoms with Crippen LogP contribution in [-0.2, 0) is 0 Å². The van der Waals surface area contributed by atoms with Gasteiger partial charge in [0.15, 0.2) is 0 Å². The third kappa shape index (κ3) is 4.63. The van der Waals surface area contributed by atoms with Gasteiger partial charge in [-0.2, -0.15) is 0 Å². The Morgan fingerprint density at radius 3 is 2.84 bits per heavy atom. The van der Waals surface area contributed by atoms with Gasteiger partial charge in [-0.1, -0.05) is 0 Å². The van der Waals surface area contributed by atoms with Crippen LogP contribution in [0.5, 0.6) is 0 Å². The Hall–Kier alpha value is -2.02. The van der Waals surface area contributed by atoms with Crippen molar-refractivity contribution in [3.8, 4) is 12.3 Å². The second kappa shape index (κ2) is 8.15. The number of pyridine rings is 1. The van der Waals surface area contributed by atoms with Crippen LogP contribution in [0, 0.1) is 12.3 Å². The van der Waals surface area contributed by atoms with Gasteiger partial charge in [-0.25, -0.2) is 0 Å². The summed E-state index contributed by atoms with van der Waals surface area (Å²) in [6, 6.07) is 3.64. The van der Waals surface area contributed by atoms with Crippen LogP contribution in [0.3, 0.4) is 0 Å². The van der Waals surface area contributed by atoms with Crippen molar-refractivity contribution in [1.29, 1.82) is 0 Å². The summed E-state index contributed by atoms with van der Waals surface area (Å²) in [6.07, 6.45) is 8.52. The average Bonchev–Trinajstić information content (AvgIpc) is 2.45. The van der Waals surface area contributed by atoms with E-state index in [1.54, 1.807) is 17.2 Å². The number of rotatable bonds is 7. The van der Waals surface area contributed by atoms with Gasteiger partial charge in [0, 0.05) is 37.9 Å². The molecule has 1 N–H and O–H groups in total. The minimum absolute atomic E-state index is 0.0303. The third-order valence-electron chi connectivity index (χ3n) is 2.86. The van der Waals surface area contributed by atoms with E-state index in [9.17, 15) is 4.79 Å². The fourth-order valence-electron chi connectivity index (χ4n) is 1.75. The monoisotopic (exact) mass is 259 g/mol. The summed E-state index contributed by atoms with van der Waals surface area (Å²) in [5, 5.41) is 3.24. The zero-order valence-corrected chi connectivity index (χ0v) is 11.6. The minimum Gasteiger partial charge on any atom is -0.385 e. The number of carbonyl (C=O) groups is 1. The molecule has 4 nitrogen and oxygen atoms in total. The van der Waals surface area contributed by atoms with E-state index in [2.05, 4.69) is 16.2 Å². The van der Waals surface area contributed by atoms with Gasteiger partial charge in [-0.3, -0.25) is 9.78 Å². The number of nitrogens with one attached hydrogen (secondary N) is 1. The van der Waals surface area contributed by atoms with E-state index in [0.717, 1.165) is 25.1 Å². The molecule has 0 bridgehead atoms. The molecule has 0 unspecified atom stereocenters. The average molecular weight is 259 g/mol. The molecule has 0 saturated carbocycles. The summed E-state index contributed by atoms with van der Waals surface area (Å²) >= 11 is 0. The van der Waals surface area contributed by atoms with E-state index in [1.165, 1.54) is 0 Å². The van der Waals surface area contributed by atoms with Crippen molar-refractivity contribution >= 4 is 11.6 Å². The molecule has 0 aliphatic carbocycles. The van der Waals surface area contributed by atoms with Crippen molar-refractivity contribution in [2.24, 2.45) is 0 Å². The number of terminal acetylenes is 1. The summed E-state index contributed by atoms with van der Waals surface area (Å²) in [7, 11) is 0. The number of aromatic nitrogens is 1. The minimum atomic E-state index is -0.0303. The highest BCUT2D eigenvalue weighted by atomic mass is 16.2. The Morgan fingerprint density at radius 1 is 1.47 bits per heavy atom. The summed E-state index contributed by atoms with van der Waals surface area (Å²) < 4.78 is 0. The SMILES string of the molecule is C#CCCCNc1ccnc(C(=O)N(CC)CC)c1. The smallest absolute Gasteiger partial charge is 0.272 e. The van der Waals surface area contributed by atoms with Crippen LogP contribution >= 0.6 is 0 Å². The highest BCUT2D eigenvalue weighted by Crippen LogP contribution is 2.10. The maximum Gasteiger partial charge on any atom is 0.272 e. The van der Waals surface area contributed by atoms with E-state index in [4.69, 9.17) is 6.42 Å². The lowest BCUT2D eigenvalue weighted by Crippen LogP contribution is -2.31. The lowest BCUT2D eigenvalue weighted by molar-refractivity contribution is 0.0767. The third-order valence-corrected chi connectivity index (χ3v) is 2.86. The molecule has 0 aromatic carbocycles. The number of amides is 1. The van der Waals surface area contributed by atoms with Crippen molar-refractivity contribution < 1.29 is 4.79 Å². The molecular weight excluding hydrogens is 238 g/mol. The van der Waals surface area contributed by atoms with Gasteiger partial charge >= 0.3 is 0 Å². The molecule has 0 aliphatic heterocycles. The lowest BCUT2D eigenvalue weighted by atomic mass is 10.2. The van der Waals surface area contributed by atoms with Gasteiger partial charge in [0.25, 0.3) is 5.91 Å². The summed E-state index contributed by atoms with van der Waals surface area (Å²) in [4.78, 5) is 18.0. The molecule has 0 fully saturated rings. The molecule has 19 heavy (non-hydrogen) atoms. The molecule has 102 valence electrons. The first kappa shape index (κ1) is 15.0. The van der Waals surface area contributed by atoms with Crippen LogP contribution in [0.2, 0.25) is 0 Å². The van der Waals surface area contributed by atoms with Gasteiger partial charge in [0.05, 0.1) is 0 Å². The normalized spacial score (nSPS) is 9.74. The molecule has 4 heteroatoms. The molecule has 0 radical (unpaired) electrons. The van der Waals surface area contributed by atoms with Crippen LogP contribution in [0.1, 0.15) is 37.2 Å². The number of unbranched alkanes of at least 4 members (excludes halogenated alkanes) is 1. The number of carbonyl (C=O) groups excluding carboxylic acids is 1. The first-order valence-electron chi connectivity index (χ1n) is 6.65. The van der Waals surface area contributed by atoms with E-state index in [1.807, 2.05) is 19.9 Å². The summed E-state index contributed by atoms with van der Waals surface area (Å²) in [6.45, 7) is 6.10. The van der Waals surface area contributed by atoms with E-state index in [0.29, 0.717) is 18.8 Å². The quantitative estimate of drug-likeness (QED) is 0.604. The first-order valence-corrected chi connectivity index (χ1v) is 6.65. The second-order valence-electron chi connectivity index (χ2n) is 4.14. The Morgan fingerprint density at radius 2 is 2.21 bits per heavy atom.